The highest BCUT2D eigenvalue weighted by molar-refractivity contribution is 5.78. The molecule has 21 heavy (non-hydrogen) atoms. The normalized spacial score (nSPS) is 29.9. The zero-order valence-electron chi connectivity index (χ0n) is 12.4. The van der Waals surface area contributed by atoms with Gasteiger partial charge in [-0.15, -0.1) is 0 Å². The maximum absolute atomic E-state index is 6.05. The second-order valence-electron chi connectivity index (χ2n) is 6.24. The minimum absolute atomic E-state index is 0.0424. The molecule has 3 saturated heterocycles. The predicted molar refractivity (Wildman–Crippen MR) is 82.8 cm³/mol. The Morgan fingerprint density at radius 1 is 1.24 bits per heavy atom. The molecule has 1 aromatic heterocycles. The Morgan fingerprint density at radius 2 is 2.05 bits per heavy atom. The number of rotatable bonds is 3. The number of aryl methyl sites for hydroxylation is 1. The molecule has 2 unspecified atom stereocenters. The van der Waals surface area contributed by atoms with Gasteiger partial charge in [-0.3, -0.25) is 15.6 Å². The van der Waals surface area contributed by atoms with Crippen LogP contribution in [0.5, 0.6) is 0 Å². The number of fused-ring (bicyclic) bond motifs is 4. The van der Waals surface area contributed by atoms with Crippen molar-refractivity contribution in [1.82, 2.24) is 15.2 Å². The molecule has 2 bridgehead atoms. The van der Waals surface area contributed by atoms with Crippen molar-refractivity contribution in [2.45, 2.75) is 19.0 Å². The van der Waals surface area contributed by atoms with Crippen molar-refractivity contribution in [2.24, 2.45) is 5.84 Å². The quantitative estimate of drug-likeness (QED) is 0.657. The van der Waals surface area contributed by atoms with E-state index in [9.17, 15) is 0 Å². The molecule has 0 aliphatic carbocycles. The standard InChI is InChI=1S/C16H22N4O/c1-11-2-3-14-12(8-11)9-15(21-14)16(18-17)13-10-19-4-6-20(13)7-5-19/h2-3,8-9,13,16,18H,4-7,10,17H2,1H3. The fraction of sp³-hybridized carbons (Fsp3) is 0.500. The number of nitrogens with two attached hydrogens (primary N) is 1. The van der Waals surface area contributed by atoms with Crippen LogP contribution in [0.15, 0.2) is 28.7 Å². The number of furan rings is 1. The van der Waals surface area contributed by atoms with Gasteiger partial charge < -0.3 is 4.42 Å². The lowest BCUT2D eigenvalue weighted by Gasteiger charge is -2.49. The van der Waals surface area contributed by atoms with Gasteiger partial charge in [0.1, 0.15) is 11.3 Å². The number of benzene rings is 1. The molecule has 3 aliphatic rings. The van der Waals surface area contributed by atoms with Crippen LogP contribution < -0.4 is 11.3 Å². The van der Waals surface area contributed by atoms with Crippen LogP contribution in [0, 0.1) is 6.92 Å². The van der Waals surface area contributed by atoms with Gasteiger partial charge in [0.25, 0.3) is 0 Å². The number of nitrogens with one attached hydrogen (secondary N) is 1. The van der Waals surface area contributed by atoms with Crippen LogP contribution >= 0.6 is 0 Å². The fourth-order valence-electron chi connectivity index (χ4n) is 3.69. The van der Waals surface area contributed by atoms with Gasteiger partial charge in [0.05, 0.1) is 6.04 Å². The highest BCUT2D eigenvalue weighted by atomic mass is 16.3. The number of hydrazine groups is 1. The number of hydrogen-bond acceptors (Lipinski definition) is 5. The minimum Gasteiger partial charge on any atom is -0.459 e. The van der Waals surface area contributed by atoms with Gasteiger partial charge in [-0.2, -0.15) is 0 Å². The van der Waals surface area contributed by atoms with Crippen molar-refractivity contribution < 1.29 is 4.42 Å². The van der Waals surface area contributed by atoms with Gasteiger partial charge in [0.15, 0.2) is 0 Å². The second kappa shape index (κ2) is 5.10. The smallest absolute Gasteiger partial charge is 0.134 e. The van der Waals surface area contributed by atoms with Gasteiger partial charge >= 0.3 is 0 Å². The van der Waals surface area contributed by atoms with Crippen molar-refractivity contribution in [3.8, 4) is 0 Å². The zero-order valence-corrected chi connectivity index (χ0v) is 12.4. The van der Waals surface area contributed by atoms with Gasteiger partial charge in [-0.1, -0.05) is 11.6 Å². The van der Waals surface area contributed by atoms with E-state index in [1.54, 1.807) is 0 Å². The van der Waals surface area contributed by atoms with Crippen molar-refractivity contribution in [3.05, 3.63) is 35.6 Å². The van der Waals surface area contributed by atoms with E-state index in [4.69, 9.17) is 10.3 Å². The summed E-state index contributed by atoms with van der Waals surface area (Å²) >= 11 is 0. The van der Waals surface area contributed by atoms with E-state index in [0.717, 1.165) is 36.4 Å². The molecular weight excluding hydrogens is 264 g/mol. The van der Waals surface area contributed by atoms with Crippen LogP contribution in [0.2, 0.25) is 0 Å². The topological polar surface area (TPSA) is 57.7 Å². The Hall–Kier alpha value is -1.40. The summed E-state index contributed by atoms with van der Waals surface area (Å²) in [6, 6.07) is 8.84. The molecular formula is C16H22N4O. The molecule has 2 atom stereocenters. The van der Waals surface area contributed by atoms with Gasteiger partial charge in [-0.05, 0) is 25.1 Å². The lowest BCUT2D eigenvalue weighted by Crippen LogP contribution is -2.64. The molecule has 5 nitrogen and oxygen atoms in total. The van der Waals surface area contributed by atoms with E-state index >= 15 is 0 Å². The van der Waals surface area contributed by atoms with Gasteiger partial charge in [0, 0.05) is 44.2 Å². The summed E-state index contributed by atoms with van der Waals surface area (Å²) < 4.78 is 6.05. The first-order chi connectivity index (χ1) is 10.2. The van der Waals surface area contributed by atoms with Crippen LogP contribution in [0.4, 0.5) is 0 Å². The summed E-state index contributed by atoms with van der Waals surface area (Å²) in [5, 5.41) is 1.15. The SMILES string of the molecule is Cc1ccc2oc(C(NN)C3CN4CCN3CC4)cc2c1. The van der Waals surface area contributed by atoms with Crippen molar-refractivity contribution in [1.29, 1.82) is 0 Å². The minimum atomic E-state index is 0.0424. The highest BCUT2D eigenvalue weighted by Gasteiger charge is 2.38. The first kappa shape index (κ1) is 13.3. The van der Waals surface area contributed by atoms with Crippen LogP contribution in [0.3, 0.4) is 0 Å². The molecule has 2 aromatic rings. The van der Waals surface area contributed by atoms with Crippen LogP contribution in [0.25, 0.3) is 11.0 Å². The van der Waals surface area contributed by atoms with Gasteiger partial charge in [-0.25, -0.2) is 5.43 Å². The van der Waals surface area contributed by atoms with Crippen LogP contribution in [-0.2, 0) is 0 Å². The summed E-state index contributed by atoms with van der Waals surface area (Å²) in [4.78, 5) is 5.05. The first-order valence-corrected chi connectivity index (χ1v) is 7.67. The summed E-state index contributed by atoms with van der Waals surface area (Å²) in [5.41, 5.74) is 5.17. The molecule has 0 amide bonds. The lowest BCUT2D eigenvalue weighted by molar-refractivity contribution is -0.00667. The molecule has 5 heteroatoms. The molecule has 4 heterocycles. The molecule has 0 radical (unpaired) electrons. The van der Waals surface area contributed by atoms with E-state index in [1.807, 2.05) is 6.07 Å². The van der Waals surface area contributed by atoms with Gasteiger partial charge in [0.2, 0.25) is 0 Å². The molecule has 3 fully saturated rings. The average Bonchev–Trinajstić information content (AvgIpc) is 2.92. The Balaban J connectivity index is 1.67. The lowest BCUT2D eigenvalue weighted by atomic mass is 9.98. The molecule has 0 saturated carbocycles. The largest absolute Gasteiger partial charge is 0.459 e. The van der Waals surface area contributed by atoms with Crippen molar-refractivity contribution in [3.63, 3.8) is 0 Å². The summed E-state index contributed by atoms with van der Waals surface area (Å²) in [5.74, 6) is 6.81. The molecule has 3 N–H and O–H groups in total. The summed E-state index contributed by atoms with van der Waals surface area (Å²) in [6.07, 6.45) is 0. The maximum Gasteiger partial charge on any atom is 0.134 e. The first-order valence-electron chi connectivity index (χ1n) is 7.67. The molecule has 1 aromatic carbocycles. The maximum atomic E-state index is 6.05. The Kier molecular flexibility index (Phi) is 3.23. The average molecular weight is 286 g/mol. The molecule has 112 valence electrons. The van der Waals surface area contributed by atoms with Crippen LogP contribution in [-0.4, -0.2) is 48.6 Å². The van der Waals surface area contributed by atoms with Crippen LogP contribution in [0.1, 0.15) is 17.4 Å². The predicted octanol–water partition coefficient (Wildman–Crippen LogP) is 1.25. The summed E-state index contributed by atoms with van der Waals surface area (Å²) in [7, 11) is 0. The number of piperazine rings is 3. The van der Waals surface area contributed by atoms with E-state index in [0.29, 0.717) is 6.04 Å². The Morgan fingerprint density at radius 3 is 2.71 bits per heavy atom. The third kappa shape index (κ3) is 2.26. The van der Waals surface area contributed by atoms with E-state index < -0.39 is 0 Å². The van der Waals surface area contributed by atoms with E-state index in [1.165, 1.54) is 18.7 Å². The van der Waals surface area contributed by atoms with Crippen molar-refractivity contribution in [2.75, 3.05) is 32.7 Å². The molecule has 5 rings (SSSR count). The second-order valence-corrected chi connectivity index (χ2v) is 6.24. The number of nitrogens with zero attached hydrogens (tertiary/aromatic N) is 2. The fourth-order valence-corrected chi connectivity index (χ4v) is 3.69. The summed E-state index contributed by atoms with van der Waals surface area (Å²) in [6.45, 7) is 7.76. The monoisotopic (exact) mass is 286 g/mol. The van der Waals surface area contributed by atoms with Crippen molar-refractivity contribution >= 4 is 11.0 Å². The highest BCUT2D eigenvalue weighted by Crippen LogP contribution is 2.31. The third-order valence-electron chi connectivity index (χ3n) is 4.88. The Bertz CT molecular complexity index is 645. The third-order valence-corrected chi connectivity index (χ3v) is 4.88. The zero-order chi connectivity index (χ0) is 14.4. The number of hydrogen-bond donors (Lipinski definition) is 2. The molecule has 0 spiro atoms. The Labute approximate surface area is 124 Å². The molecule has 3 aliphatic heterocycles. The van der Waals surface area contributed by atoms with E-state index in [-0.39, 0.29) is 6.04 Å². The van der Waals surface area contributed by atoms with E-state index in [2.05, 4.69) is 40.3 Å².